The molecule has 2 atom stereocenters. The van der Waals surface area contributed by atoms with E-state index in [1.54, 1.807) is 26.8 Å². The molecule has 2 aromatic carbocycles. The van der Waals surface area contributed by atoms with Crippen LogP contribution in [0.1, 0.15) is 43.4 Å². The fraction of sp³-hybridized carbons (Fsp3) is 0.423. The van der Waals surface area contributed by atoms with Gasteiger partial charge < -0.3 is 24.4 Å². The van der Waals surface area contributed by atoms with Gasteiger partial charge in [0.1, 0.15) is 29.8 Å². The molecule has 9 heteroatoms. The number of hydrogen-bond acceptors (Lipinski definition) is 6. The molecule has 2 aliphatic rings. The topological polar surface area (TPSA) is 94.2 Å². The van der Waals surface area contributed by atoms with E-state index in [4.69, 9.17) is 14.2 Å². The van der Waals surface area contributed by atoms with Crippen LogP contribution in [0.2, 0.25) is 0 Å². The average molecular weight is 485 g/mol. The number of nitrogens with zero attached hydrogens (tertiary/aromatic N) is 1. The zero-order chi connectivity index (χ0) is 25.2. The van der Waals surface area contributed by atoms with Gasteiger partial charge in [-0.25, -0.2) is 14.0 Å². The summed E-state index contributed by atoms with van der Waals surface area (Å²) in [5.74, 6) is -1.90. The number of hydrogen-bond donors (Lipinski definition) is 1. The van der Waals surface area contributed by atoms with Crippen LogP contribution < -0.4 is 10.1 Å². The summed E-state index contributed by atoms with van der Waals surface area (Å²) in [6.07, 6.45) is -0.184. The second-order valence-corrected chi connectivity index (χ2v) is 9.10. The predicted octanol–water partition coefficient (Wildman–Crippen LogP) is 3.32. The van der Waals surface area contributed by atoms with Crippen LogP contribution in [0.15, 0.2) is 42.5 Å². The Morgan fingerprint density at radius 3 is 2.66 bits per heavy atom. The highest BCUT2D eigenvalue weighted by molar-refractivity contribution is 5.94. The molecular weight excluding hydrogens is 455 g/mol. The summed E-state index contributed by atoms with van der Waals surface area (Å²) in [5, 5.41) is 2.61. The third kappa shape index (κ3) is 4.94. The van der Waals surface area contributed by atoms with Crippen molar-refractivity contribution in [3.8, 4) is 5.75 Å². The zero-order valence-corrected chi connectivity index (χ0v) is 20.0. The maximum atomic E-state index is 15.2. The average Bonchev–Trinajstić information content (AvgIpc) is 3.42. The van der Waals surface area contributed by atoms with Gasteiger partial charge in [0.05, 0.1) is 13.2 Å². The van der Waals surface area contributed by atoms with Gasteiger partial charge in [0.15, 0.2) is 0 Å². The summed E-state index contributed by atoms with van der Waals surface area (Å²) in [7, 11) is 0. The molecule has 186 valence electrons. The lowest BCUT2D eigenvalue weighted by Gasteiger charge is -2.33. The number of likely N-dealkylation sites (tertiary alicyclic amines) is 1. The van der Waals surface area contributed by atoms with E-state index < -0.39 is 41.3 Å². The third-order valence-corrected chi connectivity index (χ3v) is 6.46. The fourth-order valence-electron chi connectivity index (χ4n) is 4.49. The Kier molecular flexibility index (Phi) is 6.95. The van der Waals surface area contributed by atoms with Gasteiger partial charge in [-0.15, -0.1) is 0 Å². The van der Waals surface area contributed by atoms with Crippen LogP contribution in [-0.4, -0.2) is 54.2 Å². The lowest BCUT2D eigenvalue weighted by atomic mass is 9.91. The Hall–Kier alpha value is -3.62. The van der Waals surface area contributed by atoms with Crippen molar-refractivity contribution in [3.05, 3.63) is 65.0 Å². The normalized spacial score (nSPS) is 19.2. The predicted molar refractivity (Wildman–Crippen MR) is 124 cm³/mol. The van der Waals surface area contributed by atoms with Crippen LogP contribution in [0.4, 0.5) is 9.18 Å². The lowest BCUT2D eigenvalue weighted by Crippen LogP contribution is -2.54. The van der Waals surface area contributed by atoms with E-state index in [1.807, 2.05) is 30.3 Å². The summed E-state index contributed by atoms with van der Waals surface area (Å²) >= 11 is 0. The van der Waals surface area contributed by atoms with E-state index in [2.05, 4.69) is 5.32 Å². The minimum absolute atomic E-state index is 0.0147. The molecule has 8 nitrogen and oxygen atoms in total. The number of ether oxygens (including phenoxy) is 3. The lowest BCUT2D eigenvalue weighted by molar-refractivity contribution is -0.160. The largest absolute Gasteiger partial charge is 0.493 e. The molecule has 0 aromatic heterocycles. The number of esters is 1. The molecule has 0 saturated carbocycles. The summed E-state index contributed by atoms with van der Waals surface area (Å²) in [6.45, 7) is 5.47. The quantitative estimate of drug-likeness (QED) is 0.606. The number of halogens is 1. The number of rotatable bonds is 7. The van der Waals surface area contributed by atoms with Crippen LogP contribution in [-0.2, 0) is 32.1 Å². The van der Waals surface area contributed by atoms with E-state index in [0.717, 1.165) is 11.1 Å². The highest BCUT2D eigenvalue weighted by atomic mass is 19.1. The van der Waals surface area contributed by atoms with Gasteiger partial charge in [0.25, 0.3) is 0 Å². The molecule has 2 heterocycles. The molecule has 1 N–H and O–H groups in total. The van der Waals surface area contributed by atoms with Gasteiger partial charge in [0, 0.05) is 24.9 Å². The Morgan fingerprint density at radius 2 is 1.94 bits per heavy atom. The molecule has 2 aliphatic heterocycles. The Balaban J connectivity index is 1.61. The van der Waals surface area contributed by atoms with Crippen LogP contribution in [0.25, 0.3) is 0 Å². The maximum absolute atomic E-state index is 15.2. The molecule has 0 spiro atoms. The summed E-state index contributed by atoms with van der Waals surface area (Å²) in [5.41, 5.74) is 0.582. The number of alkyl carbamates (subject to hydrolysis) is 1. The van der Waals surface area contributed by atoms with Crippen molar-refractivity contribution in [2.45, 2.75) is 51.3 Å². The van der Waals surface area contributed by atoms with Crippen molar-refractivity contribution in [1.82, 2.24) is 10.2 Å². The first-order chi connectivity index (χ1) is 16.7. The number of benzene rings is 2. The van der Waals surface area contributed by atoms with Crippen molar-refractivity contribution in [2.24, 2.45) is 0 Å². The van der Waals surface area contributed by atoms with Crippen molar-refractivity contribution in [1.29, 1.82) is 0 Å². The Morgan fingerprint density at radius 1 is 1.20 bits per heavy atom. The number of carbonyl (C=O) groups is 3. The molecule has 0 bridgehead atoms. The molecule has 1 fully saturated rings. The molecule has 0 aliphatic carbocycles. The van der Waals surface area contributed by atoms with Gasteiger partial charge in [-0.05, 0) is 43.5 Å². The minimum atomic E-state index is -1.31. The van der Waals surface area contributed by atoms with Crippen LogP contribution in [0, 0.1) is 5.82 Å². The van der Waals surface area contributed by atoms with Gasteiger partial charge in [-0.2, -0.15) is 0 Å². The smallest absolute Gasteiger partial charge is 0.408 e. The SMILES string of the molecule is CCOC(=O)C(C)(C)N1C[C@@H](c2cc3c(cc2F)OCC3)[C@H](NC(=O)OCc2ccccc2)C1=O. The highest BCUT2D eigenvalue weighted by Crippen LogP contribution is 2.38. The first-order valence-corrected chi connectivity index (χ1v) is 11.6. The fourth-order valence-corrected chi connectivity index (χ4v) is 4.49. The summed E-state index contributed by atoms with van der Waals surface area (Å²) in [4.78, 5) is 40.1. The van der Waals surface area contributed by atoms with Crippen LogP contribution in [0.5, 0.6) is 5.75 Å². The standard InChI is InChI=1S/C26H29FN2O6/c1-4-33-24(31)26(2,3)29-14-19(18-12-17-10-11-34-21(17)13-20(18)27)22(23(29)30)28-25(32)35-15-16-8-6-5-7-9-16/h5-9,12-13,19,22H,4,10-11,14-15H2,1-3H3,(H,28,32)/t19-,22-/m0/s1. The van der Waals surface area contributed by atoms with Crippen molar-refractivity contribution in [3.63, 3.8) is 0 Å². The number of nitrogens with one attached hydrogen (secondary N) is 1. The third-order valence-electron chi connectivity index (χ3n) is 6.46. The van der Waals surface area contributed by atoms with Crippen LogP contribution in [0.3, 0.4) is 0 Å². The second kappa shape index (κ2) is 9.93. The summed E-state index contributed by atoms with van der Waals surface area (Å²) < 4.78 is 31.1. The van der Waals surface area contributed by atoms with E-state index in [9.17, 15) is 14.4 Å². The first kappa shape index (κ1) is 24.5. The molecule has 1 saturated heterocycles. The molecular formula is C26H29FN2O6. The Bertz CT molecular complexity index is 1120. The van der Waals surface area contributed by atoms with E-state index in [-0.39, 0.29) is 25.3 Å². The second-order valence-electron chi connectivity index (χ2n) is 9.10. The van der Waals surface area contributed by atoms with Gasteiger partial charge >= 0.3 is 12.1 Å². The number of carbonyl (C=O) groups excluding carboxylic acids is 3. The molecule has 2 amide bonds. The van der Waals surface area contributed by atoms with E-state index >= 15 is 4.39 Å². The van der Waals surface area contributed by atoms with E-state index in [1.165, 1.54) is 11.0 Å². The molecule has 0 radical (unpaired) electrons. The Labute approximate surface area is 203 Å². The van der Waals surface area contributed by atoms with Crippen molar-refractivity contribution < 1.29 is 33.0 Å². The molecule has 4 rings (SSSR count). The van der Waals surface area contributed by atoms with Crippen molar-refractivity contribution in [2.75, 3.05) is 19.8 Å². The molecule has 35 heavy (non-hydrogen) atoms. The van der Waals surface area contributed by atoms with Gasteiger partial charge in [-0.3, -0.25) is 4.79 Å². The first-order valence-electron chi connectivity index (χ1n) is 11.6. The highest BCUT2D eigenvalue weighted by Gasteiger charge is 2.51. The number of amides is 2. The molecule has 2 aromatic rings. The van der Waals surface area contributed by atoms with Gasteiger partial charge in [0.2, 0.25) is 5.91 Å². The number of fused-ring (bicyclic) bond motifs is 1. The zero-order valence-electron chi connectivity index (χ0n) is 20.0. The minimum Gasteiger partial charge on any atom is -0.493 e. The van der Waals surface area contributed by atoms with Crippen LogP contribution >= 0.6 is 0 Å². The monoisotopic (exact) mass is 484 g/mol. The molecule has 0 unspecified atom stereocenters. The maximum Gasteiger partial charge on any atom is 0.408 e. The summed E-state index contributed by atoms with van der Waals surface area (Å²) in [6, 6.07) is 11.0. The van der Waals surface area contributed by atoms with E-state index in [0.29, 0.717) is 18.8 Å². The van der Waals surface area contributed by atoms with Crippen molar-refractivity contribution >= 4 is 18.0 Å². The van der Waals surface area contributed by atoms with Gasteiger partial charge in [-0.1, -0.05) is 30.3 Å².